The third-order valence-electron chi connectivity index (χ3n) is 4.57. The number of halogens is 1. The maximum absolute atomic E-state index is 13.5. The van der Waals surface area contributed by atoms with Crippen molar-refractivity contribution in [3.8, 4) is 0 Å². The molecule has 0 spiro atoms. The molecule has 10 heteroatoms. The predicted molar refractivity (Wildman–Crippen MR) is 103 cm³/mol. The van der Waals surface area contributed by atoms with Crippen molar-refractivity contribution in [3.05, 3.63) is 63.4 Å². The molecular formula is C19H14FN3O5S. The summed E-state index contributed by atoms with van der Waals surface area (Å²) < 4.78 is 19.8. The Morgan fingerprint density at radius 2 is 2.14 bits per heavy atom. The van der Waals surface area contributed by atoms with Crippen molar-refractivity contribution in [2.45, 2.75) is 13.0 Å². The molecular weight excluding hydrogens is 401 g/mol. The fraction of sp³-hybridized carbons (Fsp3) is 0.211. The number of fused-ring (bicyclic) bond motifs is 1. The third-order valence-corrected chi connectivity index (χ3v) is 5.58. The second-order valence-corrected chi connectivity index (χ2v) is 7.60. The minimum Gasteiger partial charge on any atom is -0.458 e. The van der Waals surface area contributed by atoms with Crippen LogP contribution in [-0.4, -0.2) is 28.3 Å². The fourth-order valence-corrected chi connectivity index (χ4v) is 4.04. The van der Waals surface area contributed by atoms with E-state index in [9.17, 15) is 24.1 Å². The molecule has 1 aliphatic heterocycles. The number of rotatable bonds is 5. The van der Waals surface area contributed by atoms with Gasteiger partial charge in [0.05, 0.1) is 26.7 Å². The van der Waals surface area contributed by atoms with E-state index in [2.05, 4.69) is 4.98 Å². The smallest absolute Gasteiger partial charge is 0.311 e. The van der Waals surface area contributed by atoms with E-state index in [0.717, 1.165) is 22.3 Å². The highest BCUT2D eigenvalue weighted by Crippen LogP contribution is 2.30. The van der Waals surface area contributed by atoms with Crippen molar-refractivity contribution in [2.24, 2.45) is 5.92 Å². The minimum atomic E-state index is -0.989. The molecule has 0 aliphatic carbocycles. The molecule has 8 nitrogen and oxygen atoms in total. The number of nitro benzene ring substituents is 1. The zero-order chi connectivity index (χ0) is 20.5. The van der Waals surface area contributed by atoms with Crippen LogP contribution in [0.15, 0.2) is 42.5 Å². The van der Waals surface area contributed by atoms with Crippen LogP contribution in [0.5, 0.6) is 0 Å². The topological polar surface area (TPSA) is 103 Å². The van der Waals surface area contributed by atoms with Crippen molar-refractivity contribution in [2.75, 3.05) is 11.4 Å². The lowest BCUT2D eigenvalue weighted by Gasteiger charge is -2.16. The van der Waals surface area contributed by atoms with E-state index in [-0.39, 0.29) is 31.2 Å². The fourth-order valence-electron chi connectivity index (χ4n) is 3.16. The second-order valence-electron chi connectivity index (χ2n) is 6.48. The lowest BCUT2D eigenvalue weighted by atomic mass is 10.1. The summed E-state index contributed by atoms with van der Waals surface area (Å²) in [5, 5.41) is 11.6. The maximum Gasteiger partial charge on any atom is 0.311 e. The molecule has 0 N–H and O–H groups in total. The Morgan fingerprint density at radius 1 is 1.34 bits per heavy atom. The number of carbonyl (C=O) groups excluding carboxylic acids is 2. The van der Waals surface area contributed by atoms with Gasteiger partial charge in [0.1, 0.15) is 11.6 Å². The Morgan fingerprint density at radius 3 is 2.90 bits per heavy atom. The van der Waals surface area contributed by atoms with Gasteiger partial charge in [-0.05, 0) is 24.3 Å². The van der Waals surface area contributed by atoms with Gasteiger partial charge in [-0.15, -0.1) is 11.3 Å². The van der Waals surface area contributed by atoms with Gasteiger partial charge < -0.3 is 9.64 Å². The number of amides is 1. The van der Waals surface area contributed by atoms with E-state index >= 15 is 0 Å². The molecule has 29 heavy (non-hydrogen) atoms. The lowest BCUT2D eigenvalue weighted by molar-refractivity contribution is -0.387. The van der Waals surface area contributed by atoms with E-state index in [0.29, 0.717) is 5.01 Å². The quantitative estimate of drug-likeness (QED) is 0.359. The van der Waals surface area contributed by atoms with Crippen LogP contribution in [0.2, 0.25) is 0 Å². The normalized spacial score (nSPS) is 16.4. The van der Waals surface area contributed by atoms with Crippen LogP contribution >= 0.6 is 11.3 Å². The number of thiazole rings is 1. The molecule has 1 atom stereocenters. The van der Waals surface area contributed by atoms with Crippen LogP contribution in [0.25, 0.3) is 10.2 Å². The van der Waals surface area contributed by atoms with Crippen LogP contribution in [0.4, 0.5) is 15.8 Å². The number of nitrogens with zero attached hydrogens (tertiary/aromatic N) is 3. The number of hydrogen-bond acceptors (Lipinski definition) is 7. The molecule has 1 amide bonds. The van der Waals surface area contributed by atoms with Gasteiger partial charge in [0.15, 0.2) is 0 Å². The number of ether oxygens (including phenoxy) is 1. The van der Waals surface area contributed by atoms with Crippen LogP contribution in [0, 0.1) is 21.8 Å². The number of carbonyl (C=O) groups is 2. The first-order valence-electron chi connectivity index (χ1n) is 8.68. The van der Waals surface area contributed by atoms with E-state index in [4.69, 9.17) is 4.74 Å². The molecule has 1 fully saturated rings. The Balaban J connectivity index is 1.42. The van der Waals surface area contributed by atoms with Crippen molar-refractivity contribution in [1.29, 1.82) is 0 Å². The van der Waals surface area contributed by atoms with Crippen LogP contribution in [0.3, 0.4) is 0 Å². The monoisotopic (exact) mass is 415 g/mol. The summed E-state index contributed by atoms with van der Waals surface area (Å²) in [5.41, 5.74) is 0.269. The molecule has 0 radical (unpaired) electrons. The number of para-hydroxylation sites is 1. The van der Waals surface area contributed by atoms with E-state index < -0.39 is 28.3 Å². The van der Waals surface area contributed by atoms with Gasteiger partial charge in [-0.2, -0.15) is 4.39 Å². The summed E-state index contributed by atoms with van der Waals surface area (Å²) in [6.07, 6.45) is -0.0795. The molecule has 4 rings (SSSR count). The molecule has 148 valence electrons. The van der Waals surface area contributed by atoms with Crippen LogP contribution in [-0.2, 0) is 20.9 Å². The molecule has 1 saturated heterocycles. The first-order chi connectivity index (χ1) is 13.9. The maximum atomic E-state index is 13.5. The van der Waals surface area contributed by atoms with Crippen molar-refractivity contribution < 1.29 is 23.6 Å². The Bertz CT molecular complexity index is 1100. The number of hydrogen-bond donors (Lipinski definition) is 0. The van der Waals surface area contributed by atoms with Gasteiger partial charge in [-0.3, -0.25) is 19.7 Å². The van der Waals surface area contributed by atoms with Gasteiger partial charge in [0.2, 0.25) is 11.7 Å². The summed E-state index contributed by atoms with van der Waals surface area (Å²) >= 11 is 1.42. The first kappa shape index (κ1) is 18.9. The van der Waals surface area contributed by atoms with Gasteiger partial charge in [-0.1, -0.05) is 12.1 Å². The van der Waals surface area contributed by atoms with Crippen LogP contribution < -0.4 is 4.90 Å². The Hall–Kier alpha value is -3.40. The number of nitro groups is 1. The Labute approximate surface area is 167 Å². The summed E-state index contributed by atoms with van der Waals surface area (Å²) in [6.45, 7) is 0.0190. The molecule has 2 aromatic carbocycles. The molecule has 1 unspecified atom stereocenters. The summed E-state index contributed by atoms with van der Waals surface area (Å²) in [5.74, 6) is -2.62. The first-order valence-corrected chi connectivity index (χ1v) is 9.49. The molecule has 0 saturated carbocycles. The standard InChI is InChI=1S/C19H14FN3O5S/c20-13-6-5-12(8-15(13)23(26)27)22-9-11(7-18(22)24)19(25)28-10-17-21-14-3-1-2-4-16(14)29-17/h1-6,8,11H,7,9-10H2. The molecule has 0 bridgehead atoms. The van der Waals surface area contributed by atoms with Gasteiger partial charge in [-0.25, -0.2) is 4.98 Å². The summed E-state index contributed by atoms with van der Waals surface area (Å²) in [4.78, 5) is 40.4. The van der Waals surface area contributed by atoms with Crippen molar-refractivity contribution >= 4 is 44.8 Å². The average molecular weight is 415 g/mol. The number of anilines is 1. The number of esters is 1. The average Bonchev–Trinajstić information content (AvgIpc) is 3.29. The Kier molecular flexibility index (Phi) is 4.93. The van der Waals surface area contributed by atoms with Crippen molar-refractivity contribution in [3.63, 3.8) is 0 Å². The number of benzene rings is 2. The van der Waals surface area contributed by atoms with Gasteiger partial charge in [0.25, 0.3) is 0 Å². The summed E-state index contributed by atoms with van der Waals surface area (Å²) in [7, 11) is 0. The second kappa shape index (κ2) is 7.55. The zero-order valence-electron chi connectivity index (χ0n) is 14.9. The zero-order valence-corrected chi connectivity index (χ0v) is 15.7. The molecule has 2 heterocycles. The van der Waals surface area contributed by atoms with Gasteiger partial charge in [0, 0.05) is 19.0 Å². The highest BCUT2D eigenvalue weighted by atomic mass is 32.1. The largest absolute Gasteiger partial charge is 0.458 e. The van der Waals surface area contributed by atoms with Crippen LogP contribution in [0.1, 0.15) is 11.4 Å². The predicted octanol–water partition coefficient (Wildman–Crippen LogP) is 3.44. The number of aromatic nitrogens is 1. The minimum absolute atomic E-state index is 0.00485. The van der Waals surface area contributed by atoms with Gasteiger partial charge >= 0.3 is 11.7 Å². The molecule has 3 aromatic rings. The van der Waals surface area contributed by atoms with Crippen molar-refractivity contribution in [1.82, 2.24) is 4.98 Å². The highest BCUT2D eigenvalue weighted by molar-refractivity contribution is 7.18. The molecule has 1 aromatic heterocycles. The molecule has 1 aliphatic rings. The van der Waals surface area contributed by atoms with E-state index in [1.54, 1.807) is 0 Å². The summed E-state index contributed by atoms with van der Waals surface area (Å²) in [6, 6.07) is 10.8. The lowest BCUT2D eigenvalue weighted by Crippen LogP contribution is -2.26. The third kappa shape index (κ3) is 3.79. The van der Waals surface area contributed by atoms with E-state index in [1.807, 2.05) is 24.3 Å². The van der Waals surface area contributed by atoms with E-state index in [1.165, 1.54) is 22.3 Å². The highest BCUT2D eigenvalue weighted by Gasteiger charge is 2.37. The SMILES string of the molecule is O=C(OCc1nc2ccccc2s1)C1CC(=O)N(c2ccc(F)c([N+](=O)[O-])c2)C1.